The molecular weight excluding hydrogens is 432 g/mol. The van der Waals surface area contributed by atoms with Crippen LogP contribution in [0, 0.1) is 12.8 Å². The van der Waals surface area contributed by atoms with E-state index < -0.39 is 0 Å². The largest absolute Gasteiger partial charge is 0.454 e. The fourth-order valence-electron chi connectivity index (χ4n) is 4.48. The van der Waals surface area contributed by atoms with E-state index in [1.54, 1.807) is 4.68 Å². The van der Waals surface area contributed by atoms with Crippen molar-refractivity contribution in [3.8, 4) is 17.2 Å². The van der Waals surface area contributed by atoms with E-state index in [-0.39, 0.29) is 24.5 Å². The molecule has 2 aliphatic rings. The lowest BCUT2D eigenvalue weighted by Crippen LogP contribution is -2.39. The number of aryl methyl sites for hydroxylation is 1. The van der Waals surface area contributed by atoms with E-state index in [0.717, 1.165) is 35.5 Å². The number of carbonyl (C=O) groups excluding carboxylic acids is 2. The first-order valence-electron chi connectivity index (χ1n) is 11.6. The quantitative estimate of drug-likeness (QED) is 0.609. The fourth-order valence-corrected chi connectivity index (χ4v) is 4.48. The van der Waals surface area contributed by atoms with Crippen LogP contribution in [0.2, 0.25) is 0 Å². The number of ether oxygens (including phenoxy) is 2. The second kappa shape index (κ2) is 9.59. The Bertz CT molecular complexity index is 1180. The molecule has 0 atom stereocenters. The Kier molecular flexibility index (Phi) is 6.20. The highest BCUT2D eigenvalue weighted by Crippen LogP contribution is 2.32. The summed E-state index contributed by atoms with van der Waals surface area (Å²) in [5.74, 6) is 1.76. The molecule has 3 aromatic rings. The molecule has 0 saturated carbocycles. The van der Waals surface area contributed by atoms with Gasteiger partial charge in [-0.3, -0.25) is 9.59 Å². The van der Waals surface area contributed by atoms with Crippen LogP contribution in [0.4, 0.5) is 0 Å². The van der Waals surface area contributed by atoms with Crippen molar-refractivity contribution in [3.05, 3.63) is 71.5 Å². The van der Waals surface area contributed by atoms with Gasteiger partial charge >= 0.3 is 0 Å². The molecule has 1 fully saturated rings. The predicted octanol–water partition coefficient (Wildman–Crippen LogP) is 3.47. The lowest BCUT2D eigenvalue weighted by atomic mass is 9.93. The first kappa shape index (κ1) is 22.0. The number of likely N-dealkylation sites (tertiary alicyclic amines) is 1. The molecule has 176 valence electrons. The molecular formula is C26H28N4O4. The highest BCUT2D eigenvalue weighted by Gasteiger charge is 2.27. The number of rotatable bonds is 6. The van der Waals surface area contributed by atoms with Crippen LogP contribution >= 0.6 is 0 Å². The molecule has 5 rings (SSSR count). The third kappa shape index (κ3) is 4.76. The van der Waals surface area contributed by atoms with Crippen molar-refractivity contribution in [2.45, 2.75) is 32.7 Å². The monoisotopic (exact) mass is 460 g/mol. The summed E-state index contributed by atoms with van der Waals surface area (Å²) < 4.78 is 12.5. The van der Waals surface area contributed by atoms with Crippen LogP contribution < -0.4 is 14.8 Å². The summed E-state index contributed by atoms with van der Waals surface area (Å²) >= 11 is 0. The van der Waals surface area contributed by atoms with Crippen molar-refractivity contribution >= 4 is 11.8 Å². The molecule has 3 heterocycles. The lowest BCUT2D eigenvalue weighted by molar-refractivity contribution is -0.122. The number of fused-ring (bicyclic) bond motifs is 1. The summed E-state index contributed by atoms with van der Waals surface area (Å²) in [6.45, 7) is 3.85. The maximum Gasteiger partial charge on any atom is 0.257 e. The summed E-state index contributed by atoms with van der Waals surface area (Å²) in [7, 11) is 0. The van der Waals surface area contributed by atoms with E-state index in [1.807, 2.05) is 66.6 Å². The first-order chi connectivity index (χ1) is 16.6. The van der Waals surface area contributed by atoms with Gasteiger partial charge < -0.3 is 19.7 Å². The number of para-hydroxylation sites is 1. The van der Waals surface area contributed by atoms with Crippen LogP contribution in [0.5, 0.6) is 11.5 Å². The van der Waals surface area contributed by atoms with Crippen LogP contribution in [0.3, 0.4) is 0 Å². The third-order valence-corrected chi connectivity index (χ3v) is 6.45. The molecule has 2 amide bonds. The van der Waals surface area contributed by atoms with Crippen molar-refractivity contribution in [2.24, 2.45) is 5.92 Å². The minimum atomic E-state index is 0.00499. The van der Waals surface area contributed by atoms with E-state index in [1.165, 1.54) is 0 Å². The molecule has 2 aliphatic heterocycles. The molecule has 0 aliphatic carbocycles. The molecule has 0 bridgehead atoms. The molecule has 1 N–H and O–H groups in total. The number of nitrogens with zero attached hydrogens (tertiary/aromatic N) is 3. The van der Waals surface area contributed by atoms with Gasteiger partial charge in [-0.1, -0.05) is 24.3 Å². The third-order valence-electron chi connectivity index (χ3n) is 6.45. The average molecular weight is 461 g/mol. The van der Waals surface area contributed by atoms with Gasteiger partial charge in [0.1, 0.15) is 0 Å². The number of nitrogens with one attached hydrogen (secondary N) is 1. The van der Waals surface area contributed by atoms with Crippen molar-refractivity contribution in [1.82, 2.24) is 20.0 Å². The van der Waals surface area contributed by atoms with Crippen LogP contribution in [0.15, 0.2) is 54.7 Å². The Labute approximate surface area is 198 Å². The molecule has 1 saturated heterocycles. The van der Waals surface area contributed by atoms with Crippen molar-refractivity contribution in [1.29, 1.82) is 0 Å². The lowest BCUT2D eigenvalue weighted by Gasteiger charge is -2.31. The first-order valence-corrected chi connectivity index (χ1v) is 11.6. The van der Waals surface area contributed by atoms with E-state index in [4.69, 9.17) is 9.47 Å². The van der Waals surface area contributed by atoms with Crippen molar-refractivity contribution in [3.63, 3.8) is 0 Å². The number of hydrogen-bond donors (Lipinski definition) is 1. The van der Waals surface area contributed by atoms with Gasteiger partial charge in [0, 0.05) is 32.3 Å². The Hall–Kier alpha value is -3.81. The standard InChI is InChI=1S/C26H28N4O4/c1-18-22(16-30(28-18)21-5-3-2-4-6-21)26(32)29-11-9-19(10-12-29)14-25(31)27-15-20-7-8-23-24(13-20)34-17-33-23/h2-8,13,16,19H,9-12,14-15,17H2,1H3,(H,27,31). The second-order valence-electron chi connectivity index (χ2n) is 8.81. The average Bonchev–Trinajstić information content (AvgIpc) is 3.49. The topological polar surface area (TPSA) is 85.7 Å². The van der Waals surface area contributed by atoms with Crippen LogP contribution in [0.25, 0.3) is 5.69 Å². The highest BCUT2D eigenvalue weighted by atomic mass is 16.7. The SMILES string of the molecule is Cc1nn(-c2ccccc2)cc1C(=O)N1CCC(CC(=O)NCc2ccc3c(c2)OCO3)CC1. The van der Waals surface area contributed by atoms with Crippen LogP contribution in [0.1, 0.15) is 40.9 Å². The summed E-state index contributed by atoms with van der Waals surface area (Å²) in [6, 6.07) is 15.5. The zero-order valence-corrected chi connectivity index (χ0v) is 19.2. The zero-order chi connectivity index (χ0) is 23.5. The van der Waals surface area contributed by atoms with E-state index in [2.05, 4.69) is 10.4 Å². The second-order valence-corrected chi connectivity index (χ2v) is 8.81. The number of carbonyl (C=O) groups is 2. The van der Waals surface area contributed by atoms with Gasteiger partial charge in [-0.15, -0.1) is 0 Å². The zero-order valence-electron chi connectivity index (χ0n) is 19.2. The molecule has 8 nitrogen and oxygen atoms in total. The maximum absolute atomic E-state index is 13.1. The van der Waals surface area contributed by atoms with Crippen LogP contribution in [-0.2, 0) is 11.3 Å². The van der Waals surface area contributed by atoms with Gasteiger partial charge in [-0.25, -0.2) is 4.68 Å². The van der Waals surface area contributed by atoms with E-state index in [0.29, 0.717) is 37.4 Å². The summed E-state index contributed by atoms with van der Waals surface area (Å²) in [4.78, 5) is 27.5. The Balaban J connectivity index is 1.10. The van der Waals surface area contributed by atoms with Gasteiger partial charge in [0.15, 0.2) is 11.5 Å². The molecule has 34 heavy (non-hydrogen) atoms. The molecule has 8 heteroatoms. The maximum atomic E-state index is 13.1. The van der Waals surface area contributed by atoms with Gasteiger partial charge in [0.25, 0.3) is 5.91 Å². The minimum Gasteiger partial charge on any atom is -0.454 e. The molecule has 0 radical (unpaired) electrons. The highest BCUT2D eigenvalue weighted by molar-refractivity contribution is 5.95. The van der Waals surface area contributed by atoms with Crippen molar-refractivity contribution < 1.29 is 19.1 Å². The number of benzene rings is 2. The number of piperidine rings is 1. The number of aromatic nitrogens is 2. The summed E-state index contributed by atoms with van der Waals surface area (Å²) in [5, 5.41) is 7.51. The molecule has 0 unspecified atom stereocenters. The molecule has 0 spiro atoms. The Morgan fingerprint density at radius 2 is 1.82 bits per heavy atom. The number of hydrogen-bond acceptors (Lipinski definition) is 5. The summed E-state index contributed by atoms with van der Waals surface area (Å²) in [6.07, 6.45) is 3.91. The van der Waals surface area contributed by atoms with Crippen molar-refractivity contribution in [2.75, 3.05) is 19.9 Å². The van der Waals surface area contributed by atoms with Crippen LogP contribution in [-0.4, -0.2) is 46.4 Å². The minimum absolute atomic E-state index is 0.00499. The van der Waals surface area contributed by atoms with E-state index >= 15 is 0 Å². The predicted molar refractivity (Wildman–Crippen MR) is 126 cm³/mol. The Morgan fingerprint density at radius 3 is 2.62 bits per heavy atom. The Morgan fingerprint density at radius 1 is 1.06 bits per heavy atom. The molecule has 1 aromatic heterocycles. The number of amides is 2. The normalized spacial score (nSPS) is 15.4. The van der Waals surface area contributed by atoms with Gasteiger partial charge in [-0.05, 0) is 55.5 Å². The van der Waals surface area contributed by atoms with Gasteiger partial charge in [0.05, 0.1) is 16.9 Å². The smallest absolute Gasteiger partial charge is 0.257 e. The van der Waals surface area contributed by atoms with Gasteiger partial charge in [0.2, 0.25) is 12.7 Å². The summed E-state index contributed by atoms with van der Waals surface area (Å²) in [5.41, 5.74) is 3.25. The van der Waals surface area contributed by atoms with E-state index in [9.17, 15) is 9.59 Å². The molecule has 2 aromatic carbocycles. The fraction of sp³-hybridized carbons (Fsp3) is 0.346. The van der Waals surface area contributed by atoms with Gasteiger partial charge in [-0.2, -0.15) is 5.10 Å².